The summed E-state index contributed by atoms with van der Waals surface area (Å²) >= 11 is 2.70. The van der Waals surface area contributed by atoms with Crippen LogP contribution in [-0.4, -0.2) is 50.5 Å². The van der Waals surface area contributed by atoms with E-state index >= 15 is 0 Å². The van der Waals surface area contributed by atoms with Gasteiger partial charge in [-0.15, -0.1) is 0 Å². The predicted molar refractivity (Wildman–Crippen MR) is 52.1 cm³/mol. The van der Waals surface area contributed by atoms with E-state index in [0.29, 0.717) is 23.9 Å². The number of carbonyl (C=O) groups excluding carboxylic acids is 1. The second-order valence-corrected chi connectivity index (χ2v) is 3.85. The van der Waals surface area contributed by atoms with Crippen LogP contribution < -0.4 is 0 Å². The van der Waals surface area contributed by atoms with Gasteiger partial charge in [0.05, 0.1) is 0 Å². The fourth-order valence-electron chi connectivity index (χ4n) is 1.53. The second-order valence-electron chi connectivity index (χ2n) is 3.24. The number of carbonyl (C=O) groups is 2. The third-order valence-corrected chi connectivity index (χ3v) is 3.01. The average Bonchev–Trinajstić information content (AvgIpc) is 2.63. The molecule has 0 aromatic carbocycles. The van der Waals surface area contributed by atoms with Crippen LogP contribution in [0, 0.1) is 0 Å². The van der Waals surface area contributed by atoms with Crippen LogP contribution in [0.25, 0.3) is 0 Å². The first kappa shape index (κ1) is 11.3. The molecule has 0 aliphatic carbocycles. The van der Waals surface area contributed by atoms with Crippen molar-refractivity contribution < 1.29 is 14.7 Å². The molecule has 0 unspecified atom stereocenters. The number of carboxylic acid groups (broad SMARTS) is 1. The molecule has 0 aromatic rings. The van der Waals surface area contributed by atoms with Crippen molar-refractivity contribution in [2.45, 2.75) is 24.2 Å². The number of nitrogens with zero attached hydrogens (tertiary/aromatic N) is 1. The van der Waals surface area contributed by atoms with E-state index in [-0.39, 0.29) is 5.91 Å². The van der Waals surface area contributed by atoms with Crippen molar-refractivity contribution in [3.05, 3.63) is 12.2 Å². The van der Waals surface area contributed by atoms with Gasteiger partial charge in [0.1, 0.15) is 0 Å². The van der Waals surface area contributed by atoms with Gasteiger partial charge in [-0.25, -0.2) is 0 Å². The topological polar surface area (TPSA) is 57.6 Å². The summed E-state index contributed by atoms with van der Waals surface area (Å²) in [5.41, 5.74) is 0.429. The van der Waals surface area contributed by atoms with E-state index in [1.165, 1.54) is 4.90 Å². The van der Waals surface area contributed by atoms with Crippen LogP contribution in [0.1, 0.15) is 12.8 Å². The normalized spacial score (nSPS) is 20.9. The van der Waals surface area contributed by atoms with Crippen LogP contribution in [0.4, 0.5) is 0 Å². The first-order valence-corrected chi connectivity index (χ1v) is 5.58. The summed E-state index contributed by atoms with van der Waals surface area (Å²) in [5, 5.41) is 9.30. The molecule has 0 aromatic heterocycles. The first-order valence-electron chi connectivity index (χ1n) is 4.37. The standard InChI is InChI=1S/C9H12NO3Se/c1-6(5-14)8(11)10-4-2-3-7(10)9(12)13/h7H,1-5H2,(H,12,13)/t7-/m0/s1. The van der Waals surface area contributed by atoms with Gasteiger partial charge in [-0.1, -0.05) is 0 Å². The maximum atomic E-state index is 11.6. The Hall–Kier alpha value is -0.801. The fraction of sp³-hybridized carbons (Fsp3) is 0.556. The summed E-state index contributed by atoms with van der Waals surface area (Å²) in [7, 11) is 0. The molecular formula is C9H12NO3Se. The Labute approximate surface area is 90.8 Å². The number of hydrogen-bond acceptors (Lipinski definition) is 2. The Morgan fingerprint density at radius 1 is 1.57 bits per heavy atom. The number of hydrogen-bond donors (Lipinski definition) is 1. The van der Waals surface area contributed by atoms with Crippen molar-refractivity contribution in [1.82, 2.24) is 4.90 Å². The molecule has 1 aliphatic rings. The molecule has 1 aliphatic heterocycles. The Morgan fingerprint density at radius 2 is 2.21 bits per heavy atom. The number of rotatable bonds is 3. The molecule has 77 valence electrons. The molecule has 1 fully saturated rings. The molecule has 4 nitrogen and oxygen atoms in total. The van der Waals surface area contributed by atoms with E-state index < -0.39 is 12.0 Å². The molecule has 1 saturated heterocycles. The van der Waals surface area contributed by atoms with Crippen molar-refractivity contribution in [2.75, 3.05) is 6.54 Å². The number of carboxylic acids is 1. The number of aliphatic carboxylic acids is 1. The molecule has 5 heteroatoms. The molecule has 0 spiro atoms. The fourth-order valence-corrected chi connectivity index (χ4v) is 1.79. The van der Waals surface area contributed by atoms with Crippen molar-refractivity contribution in [3.8, 4) is 0 Å². The van der Waals surface area contributed by atoms with Gasteiger partial charge in [-0.3, -0.25) is 0 Å². The van der Waals surface area contributed by atoms with Crippen LogP contribution in [0.2, 0.25) is 5.32 Å². The van der Waals surface area contributed by atoms with Gasteiger partial charge in [0.15, 0.2) is 0 Å². The monoisotopic (exact) mass is 262 g/mol. The van der Waals surface area contributed by atoms with E-state index in [0.717, 1.165) is 6.42 Å². The van der Waals surface area contributed by atoms with Gasteiger partial charge >= 0.3 is 90.4 Å². The quantitative estimate of drug-likeness (QED) is 0.583. The zero-order valence-electron chi connectivity index (χ0n) is 7.73. The van der Waals surface area contributed by atoms with Gasteiger partial charge in [0, 0.05) is 0 Å². The van der Waals surface area contributed by atoms with Crippen molar-refractivity contribution >= 4 is 27.9 Å². The molecule has 0 saturated carbocycles. The second kappa shape index (κ2) is 4.62. The van der Waals surface area contributed by atoms with E-state index in [2.05, 4.69) is 22.6 Å². The summed E-state index contributed by atoms with van der Waals surface area (Å²) in [6, 6.07) is -0.661. The van der Waals surface area contributed by atoms with E-state index in [4.69, 9.17) is 5.11 Å². The Morgan fingerprint density at radius 3 is 2.71 bits per heavy atom. The molecule has 0 bridgehead atoms. The molecule has 1 N–H and O–H groups in total. The molecule has 1 atom stereocenters. The van der Waals surface area contributed by atoms with Crippen molar-refractivity contribution in [1.29, 1.82) is 0 Å². The minimum atomic E-state index is -0.927. The van der Waals surface area contributed by atoms with E-state index in [9.17, 15) is 9.59 Å². The zero-order chi connectivity index (χ0) is 10.7. The van der Waals surface area contributed by atoms with Crippen molar-refractivity contribution in [3.63, 3.8) is 0 Å². The van der Waals surface area contributed by atoms with E-state index in [1.807, 2.05) is 0 Å². The van der Waals surface area contributed by atoms with Crippen LogP contribution in [0.15, 0.2) is 12.2 Å². The van der Waals surface area contributed by atoms with Crippen LogP contribution in [0.5, 0.6) is 0 Å². The predicted octanol–water partition coefficient (Wildman–Crippen LogP) is 0.205. The molecule has 1 heterocycles. The third kappa shape index (κ3) is 2.16. The number of amides is 1. The Balaban J connectivity index is 2.72. The summed E-state index contributed by atoms with van der Waals surface area (Å²) in [4.78, 5) is 23.8. The number of likely N-dealkylation sites (tertiary alicyclic amines) is 1. The van der Waals surface area contributed by atoms with Gasteiger partial charge in [0.25, 0.3) is 0 Å². The van der Waals surface area contributed by atoms with Crippen LogP contribution in [0.3, 0.4) is 0 Å². The third-order valence-electron chi connectivity index (χ3n) is 2.28. The minimum absolute atomic E-state index is 0.242. The summed E-state index contributed by atoms with van der Waals surface area (Å²) in [6.07, 6.45) is 1.30. The molecule has 1 radical (unpaired) electrons. The van der Waals surface area contributed by atoms with E-state index in [1.54, 1.807) is 0 Å². The van der Waals surface area contributed by atoms with Gasteiger partial charge < -0.3 is 0 Å². The SMILES string of the molecule is C=C(C[Se])C(=O)N1CCC[C@H]1C(=O)O. The summed E-state index contributed by atoms with van der Waals surface area (Å²) in [6.45, 7) is 4.12. The summed E-state index contributed by atoms with van der Waals surface area (Å²) in [5.74, 6) is -1.17. The molecule has 14 heavy (non-hydrogen) atoms. The van der Waals surface area contributed by atoms with Crippen LogP contribution >= 0.6 is 0 Å². The zero-order valence-corrected chi connectivity index (χ0v) is 9.45. The van der Waals surface area contributed by atoms with Gasteiger partial charge in [0.2, 0.25) is 0 Å². The van der Waals surface area contributed by atoms with Gasteiger partial charge in [-0.2, -0.15) is 0 Å². The van der Waals surface area contributed by atoms with Gasteiger partial charge in [-0.05, 0) is 0 Å². The first-order chi connectivity index (χ1) is 6.57. The maximum absolute atomic E-state index is 11.6. The average molecular weight is 261 g/mol. The summed E-state index contributed by atoms with van der Waals surface area (Å²) < 4.78 is 0. The molecule has 1 amide bonds. The van der Waals surface area contributed by atoms with Crippen molar-refractivity contribution in [2.24, 2.45) is 0 Å². The Bertz CT molecular complexity index is 277. The molecular weight excluding hydrogens is 249 g/mol. The van der Waals surface area contributed by atoms with Crippen LogP contribution in [-0.2, 0) is 9.59 Å². The Kier molecular flexibility index (Phi) is 3.72. The molecule has 1 rings (SSSR count).